The minimum Gasteiger partial charge on any atom is -0.381 e. The van der Waals surface area contributed by atoms with Crippen LogP contribution in [0, 0.1) is 0 Å². The quantitative estimate of drug-likeness (QED) is 0.636. The molecule has 3 amide bonds. The van der Waals surface area contributed by atoms with Gasteiger partial charge in [-0.25, -0.2) is 4.79 Å². The largest absolute Gasteiger partial charge is 0.381 e. The van der Waals surface area contributed by atoms with Crippen molar-refractivity contribution in [1.82, 2.24) is 20.0 Å². The van der Waals surface area contributed by atoms with Crippen LogP contribution in [0.25, 0.3) is 10.4 Å². The summed E-state index contributed by atoms with van der Waals surface area (Å²) >= 11 is 1.54. The molecule has 1 aromatic heterocycles. The minimum atomic E-state index is 0.0395. The zero-order valence-corrected chi connectivity index (χ0v) is 22.3. The fourth-order valence-corrected chi connectivity index (χ4v) is 6.55. The Morgan fingerprint density at radius 3 is 2.44 bits per heavy atom. The van der Waals surface area contributed by atoms with Crippen LogP contribution >= 0.6 is 11.3 Å². The number of likely N-dealkylation sites (N-methyl/N-ethyl adjacent to an activating group) is 1. The molecule has 0 bridgehead atoms. The molecule has 3 aliphatic rings. The molecule has 3 saturated heterocycles. The van der Waals surface area contributed by atoms with Crippen molar-refractivity contribution < 1.29 is 14.3 Å². The Labute approximate surface area is 218 Å². The zero-order chi connectivity index (χ0) is 25.1. The molecule has 8 heteroatoms. The van der Waals surface area contributed by atoms with E-state index in [0.717, 1.165) is 73.7 Å². The molecule has 7 nitrogen and oxygen atoms in total. The fourth-order valence-electron chi connectivity index (χ4n) is 5.55. The van der Waals surface area contributed by atoms with Crippen LogP contribution in [-0.4, -0.2) is 91.2 Å². The molecule has 0 spiro atoms. The number of urea groups is 1. The number of nitrogens with zero attached hydrogens (tertiary/aromatic N) is 3. The number of carbonyl (C=O) groups excluding carboxylic acids is 2. The van der Waals surface area contributed by atoms with Gasteiger partial charge in [-0.2, -0.15) is 0 Å². The third kappa shape index (κ3) is 5.61. The van der Waals surface area contributed by atoms with E-state index in [1.807, 2.05) is 33.9 Å². The van der Waals surface area contributed by atoms with Gasteiger partial charge in [0.15, 0.2) is 0 Å². The van der Waals surface area contributed by atoms with Crippen LogP contribution < -0.4 is 5.32 Å². The lowest BCUT2D eigenvalue weighted by atomic mass is 10.1. The Hall–Kier alpha value is -2.42. The molecule has 0 aliphatic carbocycles. The first-order chi connectivity index (χ1) is 17.5. The summed E-state index contributed by atoms with van der Waals surface area (Å²) in [5, 5.41) is 3.73. The minimum absolute atomic E-state index is 0.0395. The van der Waals surface area contributed by atoms with E-state index in [9.17, 15) is 9.59 Å². The van der Waals surface area contributed by atoms with E-state index in [1.54, 1.807) is 11.3 Å². The highest BCUT2D eigenvalue weighted by Crippen LogP contribution is 2.30. The van der Waals surface area contributed by atoms with Crippen molar-refractivity contribution in [2.75, 3.05) is 46.4 Å². The van der Waals surface area contributed by atoms with Gasteiger partial charge in [0.05, 0.1) is 10.9 Å². The van der Waals surface area contributed by atoms with Gasteiger partial charge in [-0.3, -0.25) is 4.79 Å². The van der Waals surface area contributed by atoms with Gasteiger partial charge >= 0.3 is 6.03 Å². The summed E-state index contributed by atoms with van der Waals surface area (Å²) in [6, 6.07) is 13.6. The first kappa shape index (κ1) is 25.2. The summed E-state index contributed by atoms with van der Waals surface area (Å²) in [5.74, 6) is 0.0395. The van der Waals surface area contributed by atoms with Crippen LogP contribution in [0.2, 0.25) is 0 Å². The van der Waals surface area contributed by atoms with Gasteiger partial charge < -0.3 is 24.8 Å². The molecule has 1 aromatic carbocycles. The van der Waals surface area contributed by atoms with Crippen molar-refractivity contribution in [2.24, 2.45) is 0 Å². The van der Waals surface area contributed by atoms with E-state index >= 15 is 0 Å². The summed E-state index contributed by atoms with van der Waals surface area (Å²) in [5.41, 5.74) is 2.46. The van der Waals surface area contributed by atoms with Crippen LogP contribution in [0.1, 0.15) is 47.8 Å². The highest BCUT2D eigenvalue weighted by Gasteiger charge is 2.36. The topological polar surface area (TPSA) is 65.1 Å². The van der Waals surface area contributed by atoms with Gasteiger partial charge in [0, 0.05) is 63.4 Å². The maximum atomic E-state index is 13.2. The maximum Gasteiger partial charge on any atom is 0.320 e. The van der Waals surface area contributed by atoms with Crippen molar-refractivity contribution in [3.8, 4) is 10.4 Å². The molecule has 5 rings (SSSR count). The predicted molar refractivity (Wildman–Crippen MR) is 144 cm³/mol. The third-order valence-corrected chi connectivity index (χ3v) is 9.04. The number of ether oxygens (including phenoxy) is 1. The van der Waals surface area contributed by atoms with Crippen molar-refractivity contribution in [2.45, 2.75) is 57.2 Å². The maximum absolute atomic E-state index is 13.2. The molecule has 194 valence electrons. The number of benzene rings is 1. The van der Waals surface area contributed by atoms with Crippen molar-refractivity contribution in [3.63, 3.8) is 0 Å². The smallest absolute Gasteiger partial charge is 0.320 e. The SMILES string of the molecule is CCc1ccc(-c2ccc(C(=O)N(C)C3CCN(C(=O)N4CCC(NC5CCOCC5)C4)C3)s2)cc1. The van der Waals surface area contributed by atoms with Gasteiger partial charge in [-0.05, 0) is 55.4 Å². The average Bonchev–Trinajstić information content (AvgIpc) is 3.69. The van der Waals surface area contributed by atoms with Gasteiger partial charge in [0.25, 0.3) is 5.91 Å². The van der Waals surface area contributed by atoms with Gasteiger partial charge in [0.2, 0.25) is 0 Å². The zero-order valence-electron chi connectivity index (χ0n) is 21.4. The number of aryl methyl sites for hydroxylation is 1. The van der Waals surface area contributed by atoms with E-state index in [-0.39, 0.29) is 18.0 Å². The van der Waals surface area contributed by atoms with E-state index in [4.69, 9.17) is 4.74 Å². The van der Waals surface area contributed by atoms with E-state index in [1.165, 1.54) is 5.56 Å². The molecule has 0 radical (unpaired) electrons. The summed E-state index contributed by atoms with van der Waals surface area (Å²) < 4.78 is 5.46. The van der Waals surface area contributed by atoms with Crippen molar-refractivity contribution in [3.05, 3.63) is 46.8 Å². The summed E-state index contributed by atoms with van der Waals surface area (Å²) in [4.78, 5) is 34.1. The molecule has 0 saturated carbocycles. The Bertz CT molecular complexity index is 1050. The second-order valence-corrected chi connectivity index (χ2v) is 11.4. The summed E-state index contributed by atoms with van der Waals surface area (Å²) in [7, 11) is 1.88. The van der Waals surface area contributed by atoms with Gasteiger partial charge in [-0.1, -0.05) is 31.2 Å². The molecular weight excluding hydrogens is 472 g/mol. The lowest BCUT2D eigenvalue weighted by Gasteiger charge is -2.28. The number of hydrogen-bond donors (Lipinski definition) is 1. The van der Waals surface area contributed by atoms with E-state index in [0.29, 0.717) is 25.2 Å². The Morgan fingerprint density at radius 1 is 0.972 bits per heavy atom. The molecule has 2 unspecified atom stereocenters. The molecule has 2 atom stereocenters. The molecule has 36 heavy (non-hydrogen) atoms. The van der Waals surface area contributed by atoms with Crippen LogP contribution in [0.3, 0.4) is 0 Å². The molecule has 4 heterocycles. The number of hydrogen-bond acceptors (Lipinski definition) is 5. The Kier molecular flexibility index (Phi) is 7.93. The summed E-state index contributed by atoms with van der Waals surface area (Å²) in [6.45, 7) is 6.68. The van der Waals surface area contributed by atoms with Crippen molar-refractivity contribution in [1.29, 1.82) is 0 Å². The monoisotopic (exact) mass is 510 g/mol. The lowest BCUT2D eigenvalue weighted by Crippen LogP contribution is -2.46. The van der Waals surface area contributed by atoms with Crippen LogP contribution in [0.5, 0.6) is 0 Å². The number of nitrogens with one attached hydrogen (secondary N) is 1. The lowest BCUT2D eigenvalue weighted by molar-refractivity contribution is 0.0739. The second-order valence-electron chi connectivity index (χ2n) is 10.3. The van der Waals surface area contributed by atoms with Crippen LogP contribution in [0.4, 0.5) is 4.79 Å². The first-order valence-corrected chi connectivity index (χ1v) is 14.2. The number of carbonyl (C=O) groups is 2. The number of rotatable bonds is 6. The Morgan fingerprint density at radius 2 is 1.69 bits per heavy atom. The molecule has 1 N–H and O–H groups in total. The highest BCUT2D eigenvalue weighted by atomic mass is 32.1. The van der Waals surface area contributed by atoms with Crippen LogP contribution in [-0.2, 0) is 11.2 Å². The van der Waals surface area contributed by atoms with E-state index < -0.39 is 0 Å². The number of likely N-dealkylation sites (tertiary alicyclic amines) is 2. The Balaban J connectivity index is 1.13. The standard InChI is InChI=1S/C28H38N4O3S/c1-3-20-4-6-21(7-5-20)25-8-9-26(36-25)27(33)30(2)24-11-15-32(19-24)28(34)31-14-10-23(18-31)29-22-12-16-35-17-13-22/h4-9,22-24,29H,3,10-19H2,1-2H3. The average molecular weight is 511 g/mol. The van der Waals surface area contributed by atoms with Gasteiger partial charge in [-0.15, -0.1) is 11.3 Å². The first-order valence-electron chi connectivity index (χ1n) is 13.4. The molecular formula is C28H38N4O3S. The normalized spacial score (nSPS) is 22.8. The van der Waals surface area contributed by atoms with Gasteiger partial charge in [0.1, 0.15) is 0 Å². The number of thiophene rings is 1. The predicted octanol–water partition coefficient (Wildman–Crippen LogP) is 4.09. The van der Waals surface area contributed by atoms with E-state index in [2.05, 4.69) is 36.5 Å². The summed E-state index contributed by atoms with van der Waals surface area (Å²) in [6.07, 6.45) is 4.94. The molecule has 2 aromatic rings. The number of amides is 3. The van der Waals surface area contributed by atoms with Crippen LogP contribution in [0.15, 0.2) is 36.4 Å². The highest BCUT2D eigenvalue weighted by molar-refractivity contribution is 7.17. The second kappa shape index (κ2) is 11.3. The molecule has 3 aliphatic heterocycles. The van der Waals surface area contributed by atoms with Crippen molar-refractivity contribution >= 4 is 23.3 Å². The third-order valence-electron chi connectivity index (χ3n) is 7.92. The fraction of sp³-hybridized carbons (Fsp3) is 0.571. The molecule has 3 fully saturated rings.